The fourth-order valence-corrected chi connectivity index (χ4v) is 4.56. The fourth-order valence-electron chi connectivity index (χ4n) is 3.26. The van der Waals surface area contributed by atoms with Crippen molar-refractivity contribution in [2.24, 2.45) is 0 Å². The third-order valence-electron chi connectivity index (χ3n) is 4.29. The number of thioether (sulfide) groups is 1. The van der Waals surface area contributed by atoms with Crippen molar-refractivity contribution in [1.29, 1.82) is 0 Å². The molecule has 21 heavy (non-hydrogen) atoms. The van der Waals surface area contributed by atoms with E-state index in [1.165, 1.54) is 16.0 Å². The van der Waals surface area contributed by atoms with Crippen molar-refractivity contribution in [3.8, 4) is 0 Å². The molecule has 106 valence electrons. The Morgan fingerprint density at radius 2 is 1.76 bits per heavy atom. The molecular formula is C18H17NOS. The molecule has 0 radical (unpaired) electrons. The minimum absolute atomic E-state index is 0.269. The van der Waals surface area contributed by atoms with Gasteiger partial charge in [-0.25, -0.2) is 0 Å². The van der Waals surface area contributed by atoms with Crippen LogP contribution in [-0.2, 0) is 17.6 Å². The van der Waals surface area contributed by atoms with Crippen LogP contribution < -0.4 is 4.90 Å². The van der Waals surface area contributed by atoms with E-state index in [9.17, 15) is 4.79 Å². The van der Waals surface area contributed by atoms with Crippen molar-refractivity contribution in [1.82, 2.24) is 0 Å². The van der Waals surface area contributed by atoms with E-state index in [0.29, 0.717) is 11.7 Å². The zero-order chi connectivity index (χ0) is 14.2. The fraction of sp³-hybridized carbons (Fsp3) is 0.278. The summed E-state index contributed by atoms with van der Waals surface area (Å²) in [4.78, 5) is 15.7. The summed E-state index contributed by atoms with van der Waals surface area (Å²) in [5.74, 6) is 0.269. The van der Waals surface area contributed by atoms with Crippen molar-refractivity contribution >= 4 is 23.4 Å². The molecule has 2 heterocycles. The standard InChI is InChI=1S/C18H17NOS/c20-18-10-9-13-5-1-3-7-16(13)19(18)12-15-11-14-6-2-4-8-17(14)21-15/h1-8,15H,9-12H2. The van der Waals surface area contributed by atoms with Gasteiger partial charge >= 0.3 is 0 Å². The summed E-state index contributed by atoms with van der Waals surface area (Å²) in [6, 6.07) is 16.9. The number of anilines is 1. The molecule has 3 heteroatoms. The van der Waals surface area contributed by atoms with E-state index in [-0.39, 0.29) is 5.91 Å². The first kappa shape index (κ1) is 13.0. The van der Waals surface area contributed by atoms with Crippen molar-refractivity contribution in [3.63, 3.8) is 0 Å². The van der Waals surface area contributed by atoms with E-state index in [1.54, 1.807) is 0 Å². The molecule has 4 rings (SSSR count). The lowest BCUT2D eigenvalue weighted by atomic mass is 10.0. The molecule has 0 saturated heterocycles. The molecule has 1 amide bonds. The number of fused-ring (bicyclic) bond motifs is 2. The minimum atomic E-state index is 0.269. The monoisotopic (exact) mass is 295 g/mol. The SMILES string of the molecule is O=C1CCc2ccccc2N1CC1Cc2ccccc2S1. The smallest absolute Gasteiger partial charge is 0.227 e. The zero-order valence-corrected chi connectivity index (χ0v) is 12.6. The maximum atomic E-state index is 12.3. The third kappa shape index (κ3) is 2.36. The molecule has 0 spiro atoms. The van der Waals surface area contributed by atoms with Gasteiger partial charge in [-0.05, 0) is 36.1 Å². The first-order valence-corrected chi connectivity index (χ1v) is 8.32. The molecule has 0 aromatic heterocycles. The highest BCUT2D eigenvalue weighted by Crippen LogP contribution is 2.38. The van der Waals surface area contributed by atoms with E-state index in [4.69, 9.17) is 0 Å². The first-order chi connectivity index (χ1) is 10.3. The Labute approximate surface area is 129 Å². The van der Waals surface area contributed by atoms with Crippen molar-refractivity contribution in [2.75, 3.05) is 11.4 Å². The summed E-state index contributed by atoms with van der Waals surface area (Å²) in [5.41, 5.74) is 3.84. The van der Waals surface area contributed by atoms with Gasteiger partial charge in [-0.2, -0.15) is 0 Å². The quantitative estimate of drug-likeness (QED) is 0.842. The number of carbonyl (C=O) groups excluding carboxylic acids is 1. The molecular weight excluding hydrogens is 278 g/mol. The van der Waals surface area contributed by atoms with Crippen LogP contribution >= 0.6 is 11.8 Å². The molecule has 0 N–H and O–H groups in total. The highest BCUT2D eigenvalue weighted by molar-refractivity contribution is 8.00. The van der Waals surface area contributed by atoms with Gasteiger partial charge in [0.05, 0.1) is 0 Å². The Hall–Kier alpha value is -1.74. The summed E-state index contributed by atoms with van der Waals surface area (Å²) in [6.07, 6.45) is 2.58. The van der Waals surface area contributed by atoms with Crippen LogP contribution in [0.4, 0.5) is 5.69 Å². The highest BCUT2D eigenvalue weighted by atomic mass is 32.2. The lowest BCUT2D eigenvalue weighted by Crippen LogP contribution is -2.39. The molecule has 2 aromatic rings. The highest BCUT2D eigenvalue weighted by Gasteiger charge is 2.29. The van der Waals surface area contributed by atoms with Gasteiger partial charge in [0.25, 0.3) is 0 Å². The molecule has 0 saturated carbocycles. The lowest BCUT2D eigenvalue weighted by molar-refractivity contribution is -0.118. The van der Waals surface area contributed by atoms with Gasteiger partial charge in [-0.1, -0.05) is 36.4 Å². The number of hydrogen-bond acceptors (Lipinski definition) is 2. The number of aryl methyl sites for hydroxylation is 1. The topological polar surface area (TPSA) is 20.3 Å². The normalized spacial score (nSPS) is 20.3. The third-order valence-corrected chi connectivity index (χ3v) is 5.59. The van der Waals surface area contributed by atoms with Crippen molar-refractivity contribution < 1.29 is 4.79 Å². The lowest BCUT2D eigenvalue weighted by Gasteiger charge is -2.31. The number of benzene rings is 2. The second-order valence-electron chi connectivity index (χ2n) is 5.68. The largest absolute Gasteiger partial charge is 0.311 e. The van der Waals surface area contributed by atoms with Gasteiger partial charge in [0.15, 0.2) is 0 Å². The van der Waals surface area contributed by atoms with Gasteiger partial charge in [-0.15, -0.1) is 11.8 Å². The van der Waals surface area contributed by atoms with Crippen LogP contribution in [0.5, 0.6) is 0 Å². The van der Waals surface area contributed by atoms with E-state index in [0.717, 1.165) is 25.1 Å². The molecule has 1 unspecified atom stereocenters. The van der Waals surface area contributed by atoms with E-state index in [1.807, 2.05) is 22.7 Å². The van der Waals surface area contributed by atoms with Crippen molar-refractivity contribution in [2.45, 2.75) is 29.4 Å². The number of hydrogen-bond donors (Lipinski definition) is 0. The van der Waals surface area contributed by atoms with Gasteiger partial charge in [0.1, 0.15) is 0 Å². The number of amides is 1. The zero-order valence-electron chi connectivity index (χ0n) is 11.8. The molecule has 2 aliphatic heterocycles. The second-order valence-corrected chi connectivity index (χ2v) is 7.03. The van der Waals surface area contributed by atoms with Crippen LogP contribution in [0.3, 0.4) is 0 Å². The van der Waals surface area contributed by atoms with Gasteiger partial charge in [0, 0.05) is 28.8 Å². The van der Waals surface area contributed by atoms with Crippen LogP contribution in [0.15, 0.2) is 53.4 Å². The van der Waals surface area contributed by atoms with Crippen LogP contribution in [-0.4, -0.2) is 17.7 Å². The Kier molecular flexibility index (Phi) is 3.23. The average molecular weight is 295 g/mol. The summed E-state index contributed by atoms with van der Waals surface area (Å²) < 4.78 is 0. The molecule has 2 aromatic carbocycles. The van der Waals surface area contributed by atoms with Crippen molar-refractivity contribution in [3.05, 3.63) is 59.7 Å². The number of nitrogens with zero attached hydrogens (tertiary/aromatic N) is 1. The number of para-hydroxylation sites is 1. The first-order valence-electron chi connectivity index (χ1n) is 7.44. The Morgan fingerprint density at radius 3 is 2.62 bits per heavy atom. The molecule has 1 atom stereocenters. The Balaban J connectivity index is 1.57. The minimum Gasteiger partial charge on any atom is -0.311 e. The van der Waals surface area contributed by atoms with Crippen LogP contribution in [0.1, 0.15) is 17.5 Å². The van der Waals surface area contributed by atoms with Crippen LogP contribution in [0.2, 0.25) is 0 Å². The van der Waals surface area contributed by atoms with E-state index < -0.39 is 0 Å². The summed E-state index contributed by atoms with van der Waals surface area (Å²) in [7, 11) is 0. The average Bonchev–Trinajstić information content (AvgIpc) is 2.92. The summed E-state index contributed by atoms with van der Waals surface area (Å²) >= 11 is 1.91. The number of carbonyl (C=O) groups is 1. The van der Waals surface area contributed by atoms with Gasteiger partial charge in [-0.3, -0.25) is 4.79 Å². The molecule has 0 aliphatic carbocycles. The summed E-state index contributed by atoms with van der Waals surface area (Å²) in [5, 5.41) is 0.470. The molecule has 0 bridgehead atoms. The van der Waals surface area contributed by atoms with Gasteiger partial charge in [0.2, 0.25) is 5.91 Å². The molecule has 2 nitrogen and oxygen atoms in total. The number of rotatable bonds is 2. The maximum absolute atomic E-state index is 12.3. The maximum Gasteiger partial charge on any atom is 0.227 e. The van der Waals surface area contributed by atoms with E-state index >= 15 is 0 Å². The second kappa shape index (κ2) is 5.23. The van der Waals surface area contributed by atoms with Crippen LogP contribution in [0, 0.1) is 0 Å². The van der Waals surface area contributed by atoms with Crippen LogP contribution in [0.25, 0.3) is 0 Å². The summed E-state index contributed by atoms with van der Waals surface area (Å²) in [6.45, 7) is 0.815. The predicted molar refractivity (Wildman–Crippen MR) is 86.9 cm³/mol. The van der Waals surface area contributed by atoms with Gasteiger partial charge < -0.3 is 4.90 Å². The Bertz CT molecular complexity index is 672. The predicted octanol–water partition coefficient (Wildman–Crippen LogP) is 3.68. The molecule has 2 aliphatic rings. The Morgan fingerprint density at radius 1 is 1.00 bits per heavy atom. The molecule has 0 fully saturated rings. The van der Waals surface area contributed by atoms with E-state index in [2.05, 4.69) is 42.5 Å².